The number of hydrogen-bond donors (Lipinski definition) is 0. The average Bonchev–Trinajstić information content (AvgIpc) is 3.37. The van der Waals surface area contributed by atoms with E-state index in [0.29, 0.717) is 12.5 Å². The predicted octanol–water partition coefficient (Wildman–Crippen LogP) is 3.50. The van der Waals surface area contributed by atoms with E-state index >= 15 is 0 Å². The number of hydrogen-bond acceptors (Lipinski definition) is 4. The number of aromatic nitrogens is 1. The van der Waals surface area contributed by atoms with Gasteiger partial charge in [0, 0.05) is 38.1 Å². The molecule has 0 unspecified atom stereocenters. The third kappa shape index (κ3) is 4.25. The number of piperidine rings is 1. The van der Waals surface area contributed by atoms with Gasteiger partial charge in [-0.1, -0.05) is 12.1 Å². The number of likely N-dealkylation sites (tertiary alicyclic amines) is 1. The number of amides is 1. The Morgan fingerprint density at radius 3 is 2.96 bits per heavy atom. The number of carbonyl (C=O) groups excluding carboxylic acids is 1. The first-order valence-electron chi connectivity index (χ1n) is 10.4. The SMILES string of the molecule is O=C(C1=CCCC1)N1CCC2(CC1)OCC[C@@H]2CCOCc1ccccn1. The summed E-state index contributed by atoms with van der Waals surface area (Å²) < 4.78 is 12.1. The van der Waals surface area contributed by atoms with Crippen molar-refractivity contribution < 1.29 is 14.3 Å². The maximum absolute atomic E-state index is 12.6. The van der Waals surface area contributed by atoms with E-state index < -0.39 is 0 Å². The van der Waals surface area contributed by atoms with Gasteiger partial charge < -0.3 is 14.4 Å². The van der Waals surface area contributed by atoms with Crippen molar-refractivity contribution in [2.75, 3.05) is 26.3 Å². The fraction of sp³-hybridized carbons (Fsp3) is 0.636. The minimum atomic E-state index is -0.0464. The van der Waals surface area contributed by atoms with Crippen LogP contribution in [0.4, 0.5) is 0 Å². The Hall–Kier alpha value is -1.72. The van der Waals surface area contributed by atoms with Crippen LogP contribution < -0.4 is 0 Å². The normalized spacial score (nSPS) is 24.4. The largest absolute Gasteiger partial charge is 0.375 e. The quantitative estimate of drug-likeness (QED) is 0.719. The van der Waals surface area contributed by atoms with Crippen molar-refractivity contribution in [2.24, 2.45) is 5.92 Å². The van der Waals surface area contributed by atoms with Crippen molar-refractivity contribution in [1.82, 2.24) is 9.88 Å². The summed E-state index contributed by atoms with van der Waals surface area (Å²) in [5.74, 6) is 0.791. The molecule has 0 aromatic carbocycles. The zero-order valence-corrected chi connectivity index (χ0v) is 16.1. The molecule has 27 heavy (non-hydrogen) atoms. The van der Waals surface area contributed by atoms with Crippen LogP contribution in [0.2, 0.25) is 0 Å². The van der Waals surface area contributed by atoms with Gasteiger partial charge in [-0.2, -0.15) is 0 Å². The van der Waals surface area contributed by atoms with Crippen LogP contribution in [0.15, 0.2) is 36.0 Å². The van der Waals surface area contributed by atoms with Crippen LogP contribution in [-0.4, -0.2) is 47.7 Å². The molecule has 1 amide bonds. The van der Waals surface area contributed by atoms with Crippen molar-refractivity contribution in [3.8, 4) is 0 Å². The van der Waals surface area contributed by atoms with Crippen molar-refractivity contribution in [2.45, 2.75) is 57.2 Å². The van der Waals surface area contributed by atoms with Gasteiger partial charge in [-0.05, 0) is 63.0 Å². The van der Waals surface area contributed by atoms with E-state index in [0.717, 1.165) is 82.5 Å². The Bertz CT molecular complexity index is 665. The molecule has 5 nitrogen and oxygen atoms in total. The van der Waals surface area contributed by atoms with Crippen LogP contribution >= 0.6 is 0 Å². The first-order chi connectivity index (χ1) is 13.3. The van der Waals surface area contributed by atoms with E-state index in [4.69, 9.17) is 9.47 Å². The summed E-state index contributed by atoms with van der Waals surface area (Å²) in [5.41, 5.74) is 1.95. The molecule has 1 aromatic heterocycles. The van der Waals surface area contributed by atoms with E-state index in [1.54, 1.807) is 6.20 Å². The standard InChI is InChI=1S/C22H30N2O3/c25-21(18-5-1-2-6-18)24-13-10-22(11-14-24)19(9-16-27-22)8-15-26-17-20-7-3-4-12-23-20/h3-5,7,12,19H,1-2,6,8-11,13-17H2/t19-/m0/s1. The Labute approximate surface area is 161 Å². The highest BCUT2D eigenvalue weighted by atomic mass is 16.5. The average molecular weight is 370 g/mol. The predicted molar refractivity (Wildman–Crippen MR) is 103 cm³/mol. The van der Waals surface area contributed by atoms with Gasteiger partial charge in [-0.15, -0.1) is 0 Å². The number of nitrogens with zero attached hydrogens (tertiary/aromatic N) is 2. The van der Waals surface area contributed by atoms with E-state index in [2.05, 4.69) is 11.1 Å². The van der Waals surface area contributed by atoms with Gasteiger partial charge in [-0.3, -0.25) is 9.78 Å². The first-order valence-corrected chi connectivity index (χ1v) is 10.4. The van der Waals surface area contributed by atoms with Gasteiger partial charge >= 0.3 is 0 Å². The smallest absolute Gasteiger partial charge is 0.249 e. The van der Waals surface area contributed by atoms with Crippen molar-refractivity contribution in [3.05, 3.63) is 41.7 Å². The topological polar surface area (TPSA) is 51.7 Å². The molecule has 5 heteroatoms. The molecule has 1 spiro atoms. The molecule has 3 aliphatic rings. The molecule has 1 aromatic rings. The van der Waals surface area contributed by atoms with Crippen molar-refractivity contribution in [1.29, 1.82) is 0 Å². The van der Waals surface area contributed by atoms with E-state index in [-0.39, 0.29) is 11.5 Å². The number of allylic oxidation sites excluding steroid dienone is 1. The zero-order chi connectivity index (χ0) is 18.5. The fourth-order valence-corrected chi connectivity index (χ4v) is 4.79. The Morgan fingerprint density at radius 2 is 2.22 bits per heavy atom. The Balaban J connectivity index is 1.25. The summed E-state index contributed by atoms with van der Waals surface area (Å²) in [4.78, 5) is 19.0. The van der Waals surface area contributed by atoms with Gasteiger partial charge in [0.1, 0.15) is 0 Å². The number of ether oxygens (including phenoxy) is 2. The second-order valence-corrected chi connectivity index (χ2v) is 7.97. The molecule has 0 saturated carbocycles. The number of rotatable bonds is 6. The molecule has 0 bridgehead atoms. The highest BCUT2D eigenvalue weighted by Gasteiger charge is 2.46. The van der Waals surface area contributed by atoms with Gasteiger partial charge in [0.2, 0.25) is 5.91 Å². The van der Waals surface area contributed by atoms with Crippen LogP contribution in [0.25, 0.3) is 0 Å². The van der Waals surface area contributed by atoms with Gasteiger partial charge in [0.15, 0.2) is 0 Å². The lowest BCUT2D eigenvalue weighted by Crippen LogP contribution is -2.49. The zero-order valence-electron chi connectivity index (χ0n) is 16.1. The molecule has 2 saturated heterocycles. The van der Waals surface area contributed by atoms with E-state index in [1.165, 1.54) is 0 Å². The molecule has 0 N–H and O–H groups in total. The minimum Gasteiger partial charge on any atom is -0.375 e. The lowest BCUT2D eigenvalue weighted by Gasteiger charge is -2.42. The lowest BCUT2D eigenvalue weighted by molar-refractivity contribution is -0.134. The number of carbonyl (C=O) groups is 1. The third-order valence-corrected chi connectivity index (χ3v) is 6.40. The molecule has 0 radical (unpaired) electrons. The van der Waals surface area contributed by atoms with Crippen molar-refractivity contribution >= 4 is 5.91 Å². The molecule has 2 fully saturated rings. The van der Waals surface area contributed by atoms with Gasteiger partial charge in [-0.25, -0.2) is 0 Å². The molecular formula is C22H30N2O3. The Kier molecular flexibility index (Phi) is 5.89. The maximum atomic E-state index is 12.6. The summed E-state index contributed by atoms with van der Waals surface area (Å²) in [6.45, 7) is 3.79. The molecule has 3 heterocycles. The van der Waals surface area contributed by atoms with Gasteiger partial charge in [0.05, 0.1) is 17.9 Å². The molecule has 1 aliphatic carbocycles. The second-order valence-electron chi connectivity index (χ2n) is 7.97. The van der Waals surface area contributed by atoms with Crippen LogP contribution in [-0.2, 0) is 20.9 Å². The highest BCUT2D eigenvalue weighted by molar-refractivity contribution is 5.93. The molecular weight excluding hydrogens is 340 g/mol. The number of pyridine rings is 1. The third-order valence-electron chi connectivity index (χ3n) is 6.40. The lowest BCUT2D eigenvalue weighted by atomic mass is 9.78. The van der Waals surface area contributed by atoms with Crippen molar-refractivity contribution in [3.63, 3.8) is 0 Å². The maximum Gasteiger partial charge on any atom is 0.249 e. The van der Waals surface area contributed by atoms with Crippen LogP contribution in [0.1, 0.15) is 50.6 Å². The minimum absolute atomic E-state index is 0.0464. The van der Waals surface area contributed by atoms with Gasteiger partial charge in [0.25, 0.3) is 0 Å². The summed E-state index contributed by atoms with van der Waals surface area (Å²) in [7, 11) is 0. The van der Waals surface area contributed by atoms with E-state index in [1.807, 2.05) is 23.1 Å². The molecule has 4 rings (SSSR count). The summed E-state index contributed by atoms with van der Waals surface area (Å²) >= 11 is 0. The fourth-order valence-electron chi connectivity index (χ4n) is 4.79. The van der Waals surface area contributed by atoms with Crippen LogP contribution in [0, 0.1) is 5.92 Å². The highest BCUT2D eigenvalue weighted by Crippen LogP contribution is 2.42. The molecule has 146 valence electrons. The van der Waals surface area contributed by atoms with Crippen LogP contribution in [0.5, 0.6) is 0 Å². The monoisotopic (exact) mass is 370 g/mol. The summed E-state index contributed by atoms with van der Waals surface area (Å²) in [5, 5.41) is 0. The second kappa shape index (κ2) is 8.53. The molecule has 1 atom stereocenters. The summed E-state index contributed by atoms with van der Waals surface area (Å²) in [6.07, 6.45) is 11.1. The van der Waals surface area contributed by atoms with E-state index in [9.17, 15) is 4.79 Å². The van der Waals surface area contributed by atoms with Crippen LogP contribution in [0.3, 0.4) is 0 Å². The Morgan fingerprint density at radius 1 is 1.33 bits per heavy atom. The first kappa shape index (κ1) is 18.6. The summed E-state index contributed by atoms with van der Waals surface area (Å²) in [6, 6.07) is 5.90. The molecule has 2 aliphatic heterocycles.